The third-order valence-corrected chi connectivity index (χ3v) is 19.3. The van der Waals surface area contributed by atoms with Gasteiger partial charge in [0.1, 0.15) is 23.9 Å². The molecule has 3 saturated heterocycles. The van der Waals surface area contributed by atoms with Gasteiger partial charge in [0.15, 0.2) is 0 Å². The van der Waals surface area contributed by atoms with Gasteiger partial charge >= 0.3 is 29.8 Å². The predicted molar refractivity (Wildman–Crippen MR) is 457 cm³/mol. The standard InChI is InChI=1S/C25H29ClN2O6.C25H27ClN2O5.C25H27ClN2O4.C11H18O4.CH2Cl2.2CH4/c26-19-8-6-16(7-9-19)14-27-23(31)13-18-12-21(30)20(29)10-11-24(32)34-22(15-28-25(18)33)17-4-2-1-3-5-17;26-19-8-6-16(7-9-19)14-27-23(29)13-18-12-21-20(32-21)10-11-24(30)33-22(15-28-25(18)31)17-4-2-1-3-5-17;26-21-13-11-18(12-14-21)16-27-23(29)15-20-9-5-2-6-10-24(30)32-22(17-28-25(20)31)19-7-3-1-4-8-19;1-5-6-8(10(13)14)7-9(12)15-11(2,3)4;2-1-3;;/h1-9,18,20-22,29-30H,10-15H2,(H,27,31)(H,28,33);1-9,18,20-22H,10-15H2,(H,27,29)(H,28,31);1-5,7-8,11-14,20,22H,6,9-10,15-17H2,(H,27,29)(H,28,31);5,8H,1,6-7H2,2-4H3,(H,13,14);1H2;2*1H4/b;;5-2+;;;;/t2*18-,20-,21-,22?;20-,22?;8-;;;/m0000.../s1. The number of hydrogen-bond donors (Lipinski definition) is 9. The molecule has 6 aromatic rings. The van der Waals surface area contributed by atoms with Gasteiger partial charge in [0.05, 0.1) is 67.6 Å². The summed E-state index contributed by atoms with van der Waals surface area (Å²) in [4.78, 5) is 135. The van der Waals surface area contributed by atoms with Crippen LogP contribution >= 0.6 is 58.0 Å². The Bertz CT molecular complexity index is 4190. The van der Waals surface area contributed by atoms with Crippen LogP contribution in [0.4, 0.5) is 0 Å². The molecule has 9 N–H and O–H groups in total. The molecular formula is C89H111Cl5N6O19. The topological polar surface area (TPSA) is 370 Å². The summed E-state index contributed by atoms with van der Waals surface area (Å²) in [5, 5.41) is 48.5. The minimum absolute atomic E-state index is 0. The molecule has 0 saturated carbocycles. The first kappa shape index (κ1) is 102. The lowest BCUT2D eigenvalue weighted by Gasteiger charge is -2.26. The highest BCUT2D eigenvalue weighted by molar-refractivity contribution is 6.40. The summed E-state index contributed by atoms with van der Waals surface area (Å²) < 4.78 is 27.4. The number of alkyl halides is 2. The van der Waals surface area contributed by atoms with Gasteiger partial charge in [-0.05, 0) is 135 Å². The molecule has 6 aromatic carbocycles. The molecule has 30 heteroatoms. The number of carboxylic acid groups (broad SMARTS) is 1. The first-order valence-electron chi connectivity index (χ1n) is 38.4. The van der Waals surface area contributed by atoms with E-state index in [2.05, 4.69) is 38.5 Å². The number of cyclic esters (lactones) is 3. The highest BCUT2D eigenvalue weighted by atomic mass is 35.5. The highest BCUT2D eigenvalue weighted by Gasteiger charge is 2.43. The quantitative estimate of drug-likeness (QED) is 0.0113. The summed E-state index contributed by atoms with van der Waals surface area (Å²) in [6, 6.07) is 49.1. The molecule has 0 aliphatic carbocycles. The molecule has 0 bridgehead atoms. The monoisotopic (exact) mass is 1740 g/mol. The maximum atomic E-state index is 13.0. The van der Waals surface area contributed by atoms with E-state index >= 15 is 0 Å². The maximum Gasteiger partial charge on any atom is 0.307 e. The molecule has 0 spiro atoms. The number of halogens is 5. The van der Waals surface area contributed by atoms with Gasteiger partial charge in [0.25, 0.3) is 0 Å². The second-order valence-corrected chi connectivity index (χ2v) is 31.0. The molecule has 6 amide bonds. The van der Waals surface area contributed by atoms with Crippen molar-refractivity contribution in [3.05, 3.63) is 237 Å². The first-order valence-corrected chi connectivity index (χ1v) is 40.6. The number of hydrogen-bond acceptors (Lipinski definition) is 18. The fourth-order valence-electron chi connectivity index (χ4n) is 12.2. The van der Waals surface area contributed by atoms with E-state index in [9.17, 15) is 63.0 Å². The molecular weight excluding hydrogens is 1630 g/mol. The summed E-state index contributed by atoms with van der Waals surface area (Å²) >= 11 is 27.2. The zero-order chi connectivity index (χ0) is 85.2. The number of esters is 4. The largest absolute Gasteiger partial charge is 0.481 e. The summed E-state index contributed by atoms with van der Waals surface area (Å²) in [7, 11) is 0. The van der Waals surface area contributed by atoms with E-state index in [-0.39, 0.29) is 164 Å². The molecule has 646 valence electrons. The van der Waals surface area contributed by atoms with Crippen molar-refractivity contribution in [3.63, 3.8) is 0 Å². The maximum absolute atomic E-state index is 13.0. The van der Waals surface area contributed by atoms with Crippen LogP contribution in [0.3, 0.4) is 0 Å². The number of epoxide rings is 1. The molecule has 25 nitrogen and oxygen atoms in total. The Morgan fingerprint density at radius 1 is 0.513 bits per heavy atom. The molecule has 0 aromatic heterocycles. The number of rotatable bonds is 20. The van der Waals surface area contributed by atoms with Crippen molar-refractivity contribution < 1.29 is 91.7 Å². The fourth-order valence-corrected chi connectivity index (χ4v) is 12.6. The number of fused-ring (bicyclic) bond motifs is 1. The average molecular weight is 1750 g/mol. The normalized spacial score (nSPS) is 21.4. The number of amides is 6. The molecule has 10 rings (SSSR count). The van der Waals surface area contributed by atoms with Crippen molar-refractivity contribution in [1.82, 2.24) is 31.9 Å². The van der Waals surface area contributed by atoms with E-state index in [1.165, 1.54) is 6.08 Å². The van der Waals surface area contributed by atoms with Crippen LogP contribution in [0.25, 0.3) is 0 Å². The minimum atomic E-state index is -1.27. The van der Waals surface area contributed by atoms with Crippen LogP contribution in [0.15, 0.2) is 189 Å². The SMILES string of the molecule is C.C.C=CC[C@@H](CC(=O)OC(C)(C)C)C(=O)O.ClCCl.O=C(C[C@@H]1C/C=C/CCC(=O)OC(c2ccccc2)CNC1=O)NCc1ccc(Cl)cc1.O=C(C[C@@H]1C[C@@H]2O[C@H]2CCC(=O)OC(c2ccccc2)CNC1=O)NCc1ccc(Cl)cc1.O=C(C[C@@H]1C[C@H](O)[C@@H](O)CCC(=O)OC(c2ccccc2)CNC1=O)NCc1ccc(Cl)cc1. The third kappa shape index (κ3) is 40.3. The van der Waals surface area contributed by atoms with Gasteiger partial charge in [-0.3, -0.25) is 52.7 Å². The smallest absolute Gasteiger partial charge is 0.307 e. The second-order valence-electron chi connectivity index (χ2n) is 28.9. The van der Waals surface area contributed by atoms with E-state index in [1.807, 2.05) is 103 Å². The van der Waals surface area contributed by atoms with E-state index in [1.54, 1.807) is 93.6 Å². The van der Waals surface area contributed by atoms with Crippen molar-refractivity contribution >= 4 is 123 Å². The Morgan fingerprint density at radius 2 is 0.874 bits per heavy atom. The van der Waals surface area contributed by atoms with E-state index < -0.39 is 83.6 Å². The number of nitrogens with one attached hydrogen (secondary N) is 6. The fraction of sp³-hybridized carbons (Fsp3) is 0.427. The van der Waals surface area contributed by atoms with Gasteiger partial charge in [-0.2, -0.15) is 0 Å². The number of ether oxygens (including phenoxy) is 5. The lowest BCUT2D eigenvalue weighted by atomic mass is 9.92. The average Bonchev–Trinajstić information content (AvgIpc) is 1.70. The molecule has 119 heavy (non-hydrogen) atoms. The van der Waals surface area contributed by atoms with Crippen LogP contribution in [0.5, 0.6) is 0 Å². The third-order valence-electron chi connectivity index (χ3n) is 18.5. The van der Waals surface area contributed by atoms with E-state index in [0.717, 1.165) is 27.8 Å². The second kappa shape index (κ2) is 54.5. The Morgan fingerprint density at radius 3 is 1.25 bits per heavy atom. The van der Waals surface area contributed by atoms with Crippen LogP contribution in [-0.2, 0) is 96.1 Å². The zero-order valence-electron chi connectivity index (χ0n) is 65.5. The Kier molecular flexibility index (Phi) is 46.5. The van der Waals surface area contributed by atoms with Crippen molar-refractivity contribution in [1.29, 1.82) is 0 Å². The van der Waals surface area contributed by atoms with Gasteiger partial charge in [-0.15, -0.1) is 29.8 Å². The molecule has 3 fully saturated rings. The van der Waals surface area contributed by atoms with E-state index in [4.69, 9.17) is 86.8 Å². The number of carboxylic acids is 1. The molecule has 4 aliphatic rings. The molecule has 0 radical (unpaired) electrons. The Hall–Kier alpha value is -9.70. The zero-order valence-corrected chi connectivity index (χ0v) is 69.3. The van der Waals surface area contributed by atoms with Crippen LogP contribution in [0.2, 0.25) is 15.1 Å². The Labute approximate surface area is 721 Å². The number of aliphatic hydroxyl groups excluding tert-OH is 2. The minimum Gasteiger partial charge on any atom is -0.481 e. The lowest BCUT2D eigenvalue weighted by Crippen LogP contribution is -2.41. The van der Waals surface area contributed by atoms with Crippen molar-refractivity contribution in [2.24, 2.45) is 23.7 Å². The van der Waals surface area contributed by atoms with Gasteiger partial charge in [0.2, 0.25) is 35.4 Å². The van der Waals surface area contributed by atoms with Gasteiger partial charge in [0, 0.05) is 85.1 Å². The van der Waals surface area contributed by atoms with Crippen molar-refractivity contribution in [2.75, 3.05) is 25.0 Å². The predicted octanol–water partition coefficient (Wildman–Crippen LogP) is 14.4. The van der Waals surface area contributed by atoms with Gasteiger partial charge in [-0.1, -0.05) is 195 Å². The molecule has 3 unspecified atom stereocenters. The summed E-state index contributed by atoms with van der Waals surface area (Å²) in [5.41, 5.74) is 4.46. The molecule has 4 heterocycles. The van der Waals surface area contributed by atoms with Gasteiger partial charge < -0.3 is 70.9 Å². The lowest BCUT2D eigenvalue weighted by molar-refractivity contribution is -0.159. The summed E-state index contributed by atoms with van der Waals surface area (Å²) in [6.07, 6.45) is 2.97. The highest BCUT2D eigenvalue weighted by Crippen LogP contribution is 2.35. The van der Waals surface area contributed by atoms with Crippen LogP contribution < -0.4 is 31.9 Å². The van der Waals surface area contributed by atoms with Crippen LogP contribution in [-0.4, -0.2) is 136 Å². The number of carbonyl (C=O) groups is 11. The Balaban J connectivity index is 0.000000338. The number of aliphatic hydroxyl groups is 2. The number of benzene rings is 6. The van der Waals surface area contributed by atoms with Crippen molar-refractivity contribution in [2.45, 2.75) is 193 Å². The van der Waals surface area contributed by atoms with Crippen LogP contribution in [0.1, 0.15) is 177 Å². The number of aliphatic carboxylic acids is 1. The summed E-state index contributed by atoms with van der Waals surface area (Å²) in [5.74, 6) is -7.03. The van der Waals surface area contributed by atoms with Crippen molar-refractivity contribution in [3.8, 4) is 0 Å². The molecule has 4 aliphatic heterocycles. The number of carbonyl (C=O) groups excluding carboxylic acids is 10. The van der Waals surface area contributed by atoms with E-state index in [0.29, 0.717) is 59.4 Å². The van der Waals surface area contributed by atoms with Crippen LogP contribution in [0, 0.1) is 23.7 Å². The number of allylic oxidation sites excluding steroid dienone is 3. The van der Waals surface area contributed by atoms with Gasteiger partial charge in [-0.25, -0.2) is 0 Å². The summed E-state index contributed by atoms with van der Waals surface area (Å²) in [6.45, 7) is 10.00. The first-order chi connectivity index (χ1) is 56.0. The molecule has 11 atom stereocenters.